The van der Waals surface area contributed by atoms with Gasteiger partial charge in [0, 0.05) is 17.3 Å². The lowest BCUT2D eigenvalue weighted by atomic mass is 10.1. The van der Waals surface area contributed by atoms with Gasteiger partial charge in [-0.05, 0) is 42.5 Å². The fourth-order valence-electron chi connectivity index (χ4n) is 2.73. The zero-order valence-electron chi connectivity index (χ0n) is 13.6. The molecule has 1 aromatic heterocycles. The van der Waals surface area contributed by atoms with Crippen LogP contribution in [-0.4, -0.2) is 4.57 Å². The van der Waals surface area contributed by atoms with Gasteiger partial charge < -0.3 is 0 Å². The van der Waals surface area contributed by atoms with Crippen LogP contribution in [0.3, 0.4) is 0 Å². The van der Waals surface area contributed by atoms with E-state index in [0.717, 1.165) is 34.9 Å². The van der Waals surface area contributed by atoms with Gasteiger partial charge in [-0.2, -0.15) is 0 Å². The number of fused-ring (bicyclic) bond motifs is 1. The van der Waals surface area contributed by atoms with Crippen LogP contribution in [0.1, 0.15) is 30.9 Å². The number of benzene rings is 2. The number of unbranched alkanes of at least 4 members (excludes halogenated alkanes) is 1. The molecule has 0 aliphatic carbocycles. The Kier molecular flexibility index (Phi) is 4.42. The first-order valence-electron chi connectivity index (χ1n) is 8.08. The summed E-state index contributed by atoms with van der Waals surface area (Å²) in [5.41, 5.74) is 3.19. The number of nitrogens with zero attached hydrogens (tertiary/aromatic N) is 1. The van der Waals surface area contributed by atoms with Crippen molar-refractivity contribution in [2.45, 2.75) is 26.7 Å². The molecular weight excluding hydrogens is 282 g/mol. The van der Waals surface area contributed by atoms with E-state index in [-0.39, 0.29) is 5.56 Å². The molecule has 116 valence electrons. The highest BCUT2D eigenvalue weighted by Gasteiger charge is 2.08. The molecule has 0 saturated carbocycles. The summed E-state index contributed by atoms with van der Waals surface area (Å²) < 4.78 is 1.74. The summed E-state index contributed by atoms with van der Waals surface area (Å²) in [6, 6.07) is 15.9. The highest BCUT2D eigenvalue weighted by Crippen LogP contribution is 2.19. The fourth-order valence-corrected chi connectivity index (χ4v) is 2.73. The molecule has 0 aliphatic rings. The van der Waals surface area contributed by atoms with Crippen molar-refractivity contribution in [2.75, 3.05) is 0 Å². The van der Waals surface area contributed by atoms with Gasteiger partial charge in [0.05, 0.1) is 0 Å². The summed E-state index contributed by atoms with van der Waals surface area (Å²) in [7, 11) is 0. The molecule has 0 radical (unpaired) electrons. The van der Waals surface area contributed by atoms with Gasteiger partial charge in [-0.1, -0.05) is 61.4 Å². The maximum Gasteiger partial charge on any atom is 0.262 e. The van der Waals surface area contributed by atoms with Crippen LogP contribution in [0.5, 0.6) is 0 Å². The lowest BCUT2D eigenvalue weighted by Gasteiger charge is -2.11. The summed E-state index contributed by atoms with van der Waals surface area (Å²) in [6.07, 6.45) is 8.40. The molecule has 0 spiro atoms. The van der Waals surface area contributed by atoms with Gasteiger partial charge in [0.15, 0.2) is 0 Å². The Hall–Kier alpha value is -2.61. The van der Waals surface area contributed by atoms with Crippen molar-refractivity contribution in [1.82, 2.24) is 4.57 Å². The third kappa shape index (κ3) is 3.11. The van der Waals surface area contributed by atoms with Crippen molar-refractivity contribution in [3.05, 3.63) is 82.3 Å². The van der Waals surface area contributed by atoms with Gasteiger partial charge in [-0.3, -0.25) is 9.36 Å². The molecule has 0 N–H and O–H groups in total. The van der Waals surface area contributed by atoms with Gasteiger partial charge in [0.1, 0.15) is 0 Å². The minimum Gasteiger partial charge on any atom is -0.283 e. The van der Waals surface area contributed by atoms with E-state index in [1.165, 1.54) is 5.56 Å². The molecule has 1 heterocycles. The van der Waals surface area contributed by atoms with Gasteiger partial charge in [0.2, 0.25) is 0 Å². The van der Waals surface area contributed by atoms with E-state index in [4.69, 9.17) is 0 Å². The summed E-state index contributed by atoms with van der Waals surface area (Å²) in [6.45, 7) is 4.21. The van der Waals surface area contributed by atoms with Crippen molar-refractivity contribution in [1.29, 1.82) is 0 Å². The summed E-state index contributed by atoms with van der Waals surface area (Å²) >= 11 is 0. The van der Waals surface area contributed by atoms with Crippen LogP contribution in [0.15, 0.2) is 65.6 Å². The number of hydrogen-bond donors (Lipinski definition) is 0. The van der Waals surface area contributed by atoms with Crippen molar-refractivity contribution in [3.63, 3.8) is 0 Å². The summed E-state index contributed by atoms with van der Waals surface area (Å²) in [5, 5.41) is 1.76. The maximum absolute atomic E-state index is 12.8. The number of hydrogen-bond acceptors (Lipinski definition) is 1. The first-order valence-corrected chi connectivity index (χ1v) is 8.08. The molecule has 3 aromatic rings. The molecule has 0 unspecified atom stereocenters. The van der Waals surface area contributed by atoms with Crippen molar-refractivity contribution in [2.24, 2.45) is 0 Å². The van der Waals surface area contributed by atoms with E-state index in [2.05, 4.69) is 19.1 Å². The Morgan fingerprint density at radius 1 is 1.00 bits per heavy atom. The molecule has 0 fully saturated rings. The highest BCUT2D eigenvalue weighted by atomic mass is 16.1. The standard InChI is InChI=1S/C21H21NO/c1-3-4-5-8-17-15-22(18-13-11-16(2)12-14-18)21(23)20-10-7-6-9-19(17)20/h5-15H,3-4H2,1-2H3/b8-5+. The topological polar surface area (TPSA) is 22.0 Å². The SMILES string of the molecule is CCC/C=C/c1cn(-c2ccc(C)cc2)c(=O)c2ccccc12. The van der Waals surface area contributed by atoms with Gasteiger partial charge >= 0.3 is 0 Å². The van der Waals surface area contributed by atoms with E-state index in [1.54, 1.807) is 4.57 Å². The number of aryl methyl sites for hydroxylation is 1. The van der Waals surface area contributed by atoms with Crippen LogP contribution in [0.25, 0.3) is 22.5 Å². The van der Waals surface area contributed by atoms with Gasteiger partial charge in [-0.15, -0.1) is 0 Å². The molecule has 2 nitrogen and oxygen atoms in total. The van der Waals surface area contributed by atoms with Crippen LogP contribution in [0.4, 0.5) is 0 Å². The minimum absolute atomic E-state index is 0.0251. The Balaban J connectivity index is 2.24. The Labute approximate surface area is 136 Å². The summed E-state index contributed by atoms with van der Waals surface area (Å²) in [4.78, 5) is 12.8. The van der Waals surface area contributed by atoms with Crippen molar-refractivity contribution >= 4 is 16.8 Å². The lowest BCUT2D eigenvalue weighted by Crippen LogP contribution is -2.18. The van der Waals surface area contributed by atoms with Gasteiger partial charge in [-0.25, -0.2) is 0 Å². The monoisotopic (exact) mass is 303 g/mol. The van der Waals surface area contributed by atoms with E-state index in [9.17, 15) is 4.79 Å². The quantitative estimate of drug-likeness (QED) is 0.656. The predicted molar refractivity (Wildman–Crippen MR) is 98.2 cm³/mol. The average Bonchev–Trinajstić information content (AvgIpc) is 2.58. The smallest absolute Gasteiger partial charge is 0.262 e. The van der Waals surface area contributed by atoms with Crippen LogP contribution in [-0.2, 0) is 0 Å². The largest absolute Gasteiger partial charge is 0.283 e. The van der Waals surface area contributed by atoms with E-state index >= 15 is 0 Å². The zero-order chi connectivity index (χ0) is 16.2. The third-order valence-corrected chi connectivity index (χ3v) is 4.02. The Bertz CT molecular complexity index is 901. The highest BCUT2D eigenvalue weighted by molar-refractivity contribution is 5.89. The first kappa shape index (κ1) is 15.3. The lowest BCUT2D eigenvalue weighted by molar-refractivity contribution is 0.961. The van der Waals surface area contributed by atoms with E-state index < -0.39 is 0 Å². The number of pyridine rings is 1. The first-order chi connectivity index (χ1) is 11.2. The summed E-state index contributed by atoms with van der Waals surface area (Å²) in [5.74, 6) is 0. The van der Waals surface area contributed by atoms with Crippen LogP contribution in [0.2, 0.25) is 0 Å². The molecule has 3 rings (SSSR count). The second kappa shape index (κ2) is 6.66. The Morgan fingerprint density at radius 3 is 2.39 bits per heavy atom. The third-order valence-electron chi connectivity index (χ3n) is 4.02. The molecule has 2 heteroatoms. The Morgan fingerprint density at radius 2 is 1.70 bits per heavy atom. The fraction of sp³-hybridized carbons (Fsp3) is 0.190. The number of rotatable bonds is 4. The minimum atomic E-state index is 0.0251. The van der Waals surface area contributed by atoms with Crippen LogP contribution >= 0.6 is 0 Å². The number of aromatic nitrogens is 1. The van der Waals surface area contributed by atoms with E-state index in [0.29, 0.717) is 0 Å². The molecule has 0 aliphatic heterocycles. The average molecular weight is 303 g/mol. The molecule has 0 amide bonds. The molecule has 0 saturated heterocycles. The predicted octanol–water partition coefficient (Wildman–Crippen LogP) is 5.11. The molecule has 2 aromatic carbocycles. The normalized spacial score (nSPS) is 11.4. The second-order valence-electron chi connectivity index (χ2n) is 5.83. The maximum atomic E-state index is 12.8. The number of allylic oxidation sites excluding steroid dienone is 1. The van der Waals surface area contributed by atoms with Crippen LogP contribution < -0.4 is 5.56 Å². The van der Waals surface area contributed by atoms with E-state index in [1.807, 2.05) is 61.7 Å². The van der Waals surface area contributed by atoms with Crippen molar-refractivity contribution in [3.8, 4) is 5.69 Å². The zero-order valence-corrected chi connectivity index (χ0v) is 13.6. The molecule has 23 heavy (non-hydrogen) atoms. The molecule has 0 atom stereocenters. The van der Waals surface area contributed by atoms with Gasteiger partial charge in [0.25, 0.3) is 5.56 Å². The molecular formula is C21H21NO. The second-order valence-corrected chi connectivity index (χ2v) is 5.83. The van der Waals surface area contributed by atoms with Crippen LogP contribution in [0, 0.1) is 6.92 Å². The van der Waals surface area contributed by atoms with Crippen molar-refractivity contribution < 1.29 is 0 Å². The molecule has 0 bridgehead atoms.